The normalized spacial score (nSPS) is 14.9. The van der Waals surface area contributed by atoms with Crippen LogP contribution < -0.4 is 5.01 Å². The van der Waals surface area contributed by atoms with Crippen molar-refractivity contribution in [3.05, 3.63) is 29.8 Å². The third-order valence-electron chi connectivity index (χ3n) is 2.30. The lowest BCUT2D eigenvalue weighted by atomic mass is 10.2. The predicted octanol–water partition coefficient (Wildman–Crippen LogP) is 2.91. The van der Waals surface area contributed by atoms with Crippen molar-refractivity contribution in [2.75, 3.05) is 24.9 Å². The Morgan fingerprint density at radius 3 is 2.62 bits per heavy atom. The number of benzene rings is 1. The van der Waals surface area contributed by atoms with Gasteiger partial charge in [-0.25, -0.2) is 9.40 Å². The maximum atomic E-state index is 12.1. The van der Waals surface area contributed by atoms with Crippen molar-refractivity contribution in [1.82, 2.24) is 5.01 Å². The molecule has 86 valence electrons. The highest BCUT2D eigenvalue weighted by Gasteiger charge is 2.16. The average molecular weight is 287 g/mol. The van der Waals surface area contributed by atoms with Crippen LogP contribution >= 0.6 is 15.9 Å². The van der Waals surface area contributed by atoms with Crippen molar-refractivity contribution >= 4 is 21.6 Å². The molecule has 0 N–H and O–H groups in total. The van der Waals surface area contributed by atoms with Crippen LogP contribution in [0.5, 0.6) is 0 Å². The van der Waals surface area contributed by atoms with Gasteiger partial charge >= 0.3 is 0 Å². The molecule has 1 aliphatic rings. The van der Waals surface area contributed by atoms with Gasteiger partial charge in [-0.1, -0.05) is 33.3 Å². The van der Waals surface area contributed by atoms with Crippen LogP contribution in [-0.4, -0.2) is 24.9 Å². The summed E-state index contributed by atoms with van der Waals surface area (Å²) in [6.45, 7) is 0.395. The number of nitrogens with zero attached hydrogens (tertiary/aromatic N) is 4. The second kappa shape index (κ2) is 5.25. The lowest BCUT2D eigenvalue weighted by molar-refractivity contribution is 0.280. The summed E-state index contributed by atoms with van der Waals surface area (Å²) in [7, 11) is 0. The van der Waals surface area contributed by atoms with Gasteiger partial charge in [-0.05, 0) is 22.9 Å². The van der Waals surface area contributed by atoms with E-state index in [4.69, 9.17) is 0 Å². The van der Waals surface area contributed by atoms with Crippen molar-refractivity contribution in [1.29, 1.82) is 0 Å². The first-order chi connectivity index (χ1) is 7.83. The first kappa shape index (κ1) is 11.3. The molecule has 0 fully saturated rings. The highest BCUT2D eigenvalue weighted by atomic mass is 79.9. The Morgan fingerprint density at radius 2 is 2.00 bits per heavy atom. The first-order valence-electron chi connectivity index (χ1n) is 4.98. The SMILES string of the molecule is FCCN1CN(c2ccc(CBr)cc2)N=N1. The van der Waals surface area contributed by atoms with Gasteiger partial charge in [0.15, 0.2) is 0 Å². The van der Waals surface area contributed by atoms with Crippen LogP contribution in [0.15, 0.2) is 34.7 Å². The highest BCUT2D eigenvalue weighted by Crippen LogP contribution is 2.20. The Bertz CT molecular complexity index is 368. The van der Waals surface area contributed by atoms with Crippen LogP contribution in [-0.2, 0) is 5.33 Å². The van der Waals surface area contributed by atoms with Crippen LogP contribution in [0.2, 0.25) is 0 Å². The molecule has 0 spiro atoms. The van der Waals surface area contributed by atoms with Gasteiger partial charge in [0.1, 0.15) is 13.3 Å². The first-order valence-corrected chi connectivity index (χ1v) is 6.10. The summed E-state index contributed by atoms with van der Waals surface area (Å²) in [4.78, 5) is 0. The molecule has 1 aromatic carbocycles. The van der Waals surface area contributed by atoms with Crippen molar-refractivity contribution < 1.29 is 4.39 Å². The predicted molar refractivity (Wildman–Crippen MR) is 64.0 cm³/mol. The standard InChI is InChI=1S/C10H12BrFN4/c11-7-9-1-3-10(4-2-9)16-8-15(6-5-12)13-14-16/h1-4H,5-8H2. The minimum Gasteiger partial charge on any atom is -0.253 e. The largest absolute Gasteiger partial charge is 0.253 e. The van der Waals surface area contributed by atoms with Gasteiger partial charge in [0, 0.05) is 5.33 Å². The third kappa shape index (κ3) is 2.49. The van der Waals surface area contributed by atoms with E-state index in [1.165, 1.54) is 5.56 Å². The molecule has 4 nitrogen and oxygen atoms in total. The summed E-state index contributed by atoms with van der Waals surface area (Å²) in [5.41, 5.74) is 2.18. The zero-order valence-corrected chi connectivity index (χ0v) is 10.3. The maximum Gasteiger partial charge on any atom is 0.132 e. The molecule has 0 aromatic heterocycles. The van der Waals surface area contributed by atoms with Gasteiger partial charge in [0.25, 0.3) is 0 Å². The molecular formula is C10H12BrFN4. The quantitative estimate of drug-likeness (QED) is 0.797. The molecular weight excluding hydrogens is 275 g/mol. The van der Waals surface area contributed by atoms with E-state index in [0.29, 0.717) is 13.2 Å². The molecule has 0 saturated heterocycles. The second-order valence-corrected chi connectivity index (χ2v) is 4.00. The smallest absolute Gasteiger partial charge is 0.132 e. The fourth-order valence-electron chi connectivity index (χ4n) is 1.42. The lowest BCUT2D eigenvalue weighted by Crippen LogP contribution is -2.26. The van der Waals surface area contributed by atoms with Crippen LogP contribution in [0.3, 0.4) is 0 Å². The lowest BCUT2D eigenvalue weighted by Gasteiger charge is -2.15. The van der Waals surface area contributed by atoms with Crippen molar-refractivity contribution in [2.24, 2.45) is 10.4 Å². The summed E-state index contributed by atoms with van der Waals surface area (Å²) >= 11 is 3.39. The minimum atomic E-state index is -0.407. The number of anilines is 1. The number of halogens is 2. The van der Waals surface area contributed by atoms with Crippen LogP contribution in [0.25, 0.3) is 0 Å². The molecule has 0 saturated carbocycles. The topological polar surface area (TPSA) is 31.2 Å². The molecule has 1 aliphatic heterocycles. The minimum absolute atomic E-state index is 0.291. The van der Waals surface area contributed by atoms with Crippen molar-refractivity contribution in [2.45, 2.75) is 5.33 Å². The number of hydrogen-bond acceptors (Lipinski definition) is 4. The Kier molecular flexibility index (Phi) is 3.71. The second-order valence-electron chi connectivity index (χ2n) is 3.44. The number of rotatable bonds is 4. The van der Waals surface area contributed by atoms with E-state index < -0.39 is 6.67 Å². The molecule has 6 heteroatoms. The number of alkyl halides is 2. The van der Waals surface area contributed by atoms with Crippen LogP contribution in [0, 0.1) is 0 Å². The molecule has 0 amide bonds. The third-order valence-corrected chi connectivity index (χ3v) is 2.95. The van der Waals surface area contributed by atoms with E-state index in [-0.39, 0.29) is 0 Å². The zero-order valence-electron chi connectivity index (χ0n) is 8.68. The molecule has 0 aliphatic carbocycles. The number of hydrogen-bond donors (Lipinski definition) is 0. The fourth-order valence-corrected chi connectivity index (χ4v) is 1.79. The van der Waals surface area contributed by atoms with Gasteiger partial charge in [0.05, 0.1) is 12.2 Å². The Morgan fingerprint density at radius 1 is 1.25 bits per heavy atom. The molecule has 0 bridgehead atoms. The van der Waals surface area contributed by atoms with Gasteiger partial charge in [0.2, 0.25) is 0 Å². The molecule has 1 heterocycles. The summed E-state index contributed by atoms with van der Waals surface area (Å²) in [5, 5.41) is 12.0. The molecule has 1 aromatic rings. The fraction of sp³-hybridized carbons (Fsp3) is 0.400. The molecule has 0 radical (unpaired) electrons. The molecule has 0 unspecified atom stereocenters. The van der Waals surface area contributed by atoms with E-state index in [1.54, 1.807) is 10.0 Å². The summed E-state index contributed by atoms with van der Waals surface area (Å²) in [6.07, 6.45) is 0. The van der Waals surface area contributed by atoms with Gasteiger partial charge in [-0.15, -0.1) is 0 Å². The van der Waals surface area contributed by atoms with Gasteiger partial charge in [-0.3, -0.25) is 5.01 Å². The van der Waals surface area contributed by atoms with Crippen LogP contribution in [0.1, 0.15) is 5.56 Å². The highest BCUT2D eigenvalue weighted by molar-refractivity contribution is 9.08. The Hall–Kier alpha value is -1.17. The Labute approximate surface area is 102 Å². The van der Waals surface area contributed by atoms with E-state index >= 15 is 0 Å². The summed E-state index contributed by atoms with van der Waals surface area (Å²) < 4.78 is 12.1. The maximum absolute atomic E-state index is 12.1. The average Bonchev–Trinajstić information content (AvgIpc) is 2.78. The molecule has 0 atom stereocenters. The van der Waals surface area contributed by atoms with Gasteiger partial charge < -0.3 is 0 Å². The van der Waals surface area contributed by atoms with Crippen molar-refractivity contribution in [3.8, 4) is 0 Å². The van der Waals surface area contributed by atoms with Crippen LogP contribution in [0.4, 0.5) is 10.1 Å². The van der Waals surface area contributed by atoms with E-state index in [9.17, 15) is 4.39 Å². The molecule has 2 rings (SSSR count). The van der Waals surface area contributed by atoms with Gasteiger partial charge in [-0.2, -0.15) is 0 Å². The molecule has 16 heavy (non-hydrogen) atoms. The van der Waals surface area contributed by atoms with E-state index in [0.717, 1.165) is 11.0 Å². The summed E-state index contributed by atoms with van der Waals surface area (Å²) in [6, 6.07) is 8.01. The van der Waals surface area contributed by atoms with E-state index in [1.807, 2.05) is 24.3 Å². The van der Waals surface area contributed by atoms with E-state index in [2.05, 4.69) is 26.4 Å². The monoisotopic (exact) mass is 286 g/mol. The zero-order chi connectivity index (χ0) is 11.4. The Balaban J connectivity index is 2.01. The van der Waals surface area contributed by atoms with Crippen molar-refractivity contribution in [3.63, 3.8) is 0 Å². The summed E-state index contributed by atoms with van der Waals surface area (Å²) in [5.74, 6) is 0.